The molecule has 140 valence electrons. The summed E-state index contributed by atoms with van der Waals surface area (Å²) in [5, 5.41) is 4.20. The first-order valence-electron chi connectivity index (χ1n) is 9.31. The zero-order chi connectivity index (χ0) is 18.8. The Hall–Kier alpha value is -2.80. The minimum Gasteiger partial charge on any atom is -0.340 e. The summed E-state index contributed by atoms with van der Waals surface area (Å²) < 4.78 is 1.70. The van der Waals surface area contributed by atoms with Crippen LogP contribution < -0.4 is 0 Å². The topological polar surface area (TPSA) is 66.6 Å². The van der Waals surface area contributed by atoms with E-state index in [9.17, 15) is 4.79 Å². The highest BCUT2D eigenvalue weighted by atomic mass is 16.2. The monoisotopic (exact) mass is 364 g/mol. The van der Waals surface area contributed by atoms with Crippen LogP contribution >= 0.6 is 0 Å². The minimum absolute atomic E-state index is 0.154. The third kappa shape index (κ3) is 3.68. The molecule has 0 spiro atoms. The highest BCUT2D eigenvalue weighted by Gasteiger charge is 2.23. The van der Waals surface area contributed by atoms with Crippen molar-refractivity contribution in [2.24, 2.45) is 0 Å². The quantitative estimate of drug-likeness (QED) is 0.704. The normalized spacial score (nSPS) is 15.4. The lowest BCUT2D eigenvalue weighted by Gasteiger charge is -2.35. The molecule has 0 radical (unpaired) electrons. The van der Waals surface area contributed by atoms with Gasteiger partial charge in [0.15, 0.2) is 0 Å². The average molecular weight is 364 g/mol. The van der Waals surface area contributed by atoms with Crippen LogP contribution in [0.2, 0.25) is 0 Å². The van der Waals surface area contributed by atoms with Crippen molar-refractivity contribution < 1.29 is 4.79 Å². The Labute approximate surface area is 158 Å². The van der Waals surface area contributed by atoms with Crippen LogP contribution in [0.3, 0.4) is 0 Å². The molecule has 3 heterocycles. The van der Waals surface area contributed by atoms with Crippen molar-refractivity contribution in [3.63, 3.8) is 0 Å². The van der Waals surface area contributed by atoms with E-state index in [2.05, 4.69) is 44.2 Å². The maximum atomic E-state index is 12.8. The molecule has 1 aliphatic heterocycles. The second-order valence-electron chi connectivity index (χ2n) is 7.05. The molecule has 1 saturated heterocycles. The van der Waals surface area contributed by atoms with Crippen molar-refractivity contribution in [3.8, 4) is 0 Å². The molecule has 0 unspecified atom stereocenters. The van der Waals surface area contributed by atoms with Gasteiger partial charge in [-0.3, -0.25) is 9.69 Å². The van der Waals surface area contributed by atoms with Crippen LogP contribution in [0.15, 0.2) is 36.7 Å². The van der Waals surface area contributed by atoms with Gasteiger partial charge in [0.25, 0.3) is 5.78 Å². The van der Waals surface area contributed by atoms with Gasteiger partial charge in [-0.1, -0.05) is 30.3 Å². The maximum absolute atomic E-state index is 12.8. The van der Waals surface area contributed by atoms with Crippen LogP contribution in [0.1, 0.15) is 22.5 Å². The first-order chi connectivity index (χ1) is 13.1. The Morgan fingerprint density at radius 2 is 1.81 bits per heavy atom. The first-order valence-corrected chi connectivity index (χ1v) is 9.31. The molecule has 7 heteroatoms. The fourth-order valence-electron chi connectivity index (χ4n) is 3.67. The molecule has 2 aromatic heterocycles. The van der Waals surface area contributed by atoms with Crippen molar-refractivity contribution in [2.45, 2.75) is 26.8 Å². The highest BCUT2D eigenvalue weighted by Crippen LogP contribution is 2.16. The van der Waals surface area contributed by atoms with E-state index in [1.54, 1.807) is 4.52 Å². The van der Waals surface area contributed by atoms with E-state index in [-0.39, 0.29) is 5.91 Å². The lowest BCUT2D eigenvalue weighted by molar-refractivity contribution is -0.132. The Bertz CT molecular complexity index is 944. The lowest BCUT2D eigenvalue weighted by Crippen LogP contribution is -2.48. The van der Waals surface area contributed by atoms with Crippen LogP contribution in [0.5, 0.6) is 0 Å². The van der Waals surface area contributed by atoms with Crippen molar-refractivity contribution >= 4 is 11.7 Å². The fraction of sp³-hybridized carbons (Fsp3) is 0.400. The largest absolute Gasteiger partial charge is 0.340 e. The third-order valence-corrected chi connectivity index (χ3v) is 5.29. The summed E-state index contributed by atoms with van der Waals surface area (Å²) >= 11 is 0. The maximum Gasteiger partial charge on any atom is 0.252 e. The standard InChI is InChI=1S/C20H24N6O/c1-15-18(16(2)26-20(23-15)21-14-22-26)12-19(27)25-10-8-24(9-11-25)13-17-6-4-3-5-7-17/h3-7,14H,8-13H2,1-2H3. The summed E-state index contributed by atoms with van der Waals surface area (Å²) in [7, 11) is 0. The summed E-state index contributed by atoms with van der Waals surface area (Å²) in [6, 6.07) is 10.5. The van der Waals surface area contributed by atoms with E-state index in [4.69, 9.17) is 0 Å². The number of fused-ring (bicyclic) bond motifs is 1. The zero-order valence-electron chi connectivity index (χ0n) is 15.8. The van der Waals surface area contributed by atoms with E-state index < -0.39 is 0 Å². The van der Waals surface area contributed by atoms with Crippen molar-refractivity contribution in [1.82, 2.24) is 29.4 Å². The van der Waals surface area contributed by atoms with Gasteiger partial charge in [0, 0.05) is 49.7 Å². The average Bonchev–Trinajstić information content (AvgIpc) is 3.15. The molecule has 4 rings (SSSR count). The Morgan fingerprint density at radius 3 is 2.56 bits per heavy atom. The number of amides is 1. The summed E-state index contributed by atoms with van der Waals surface area (Å²) in [6.45, 7) is 8.18. The molecule has 27 heavy (non-hydrogen) atoms. The molecule has 7 nitrogen and oxygen atoms in total. The number of hydrogen-bond donors (Lipinski definition) is 0. The summed E-state index contributed by atoms with van der Waals surface area (Å²) in [5.74, 6) is 0.734. The predicted octanol–water partition coefficient (Wildman–Crippen LogP) is 1.63. The van der Waals surface area contributed by atoms with Crippen LogP contribution in [0.25, 0.3) is 5.78 Å². The number of piperazine rings is 1. The summed E-state index contributed by atoms with van der Waals surface area (Å²) in [4.78, 5) is 25.8. The Morgan fingerprint density at radius 1 is 1.07 bits per heavy atom. The molecule has 0 N–H and O–H groups in total. The van der Waals surface area contributed by atoms with Gasteiger partial charge in [-0.25, -0.2) is 9.50 Å². The fourth-order valence-corrected chi connectivity index (χ4v) is 3.67. The van der Waals surface area contributed by atoms with Gasteiger partial charge in [-0.15, -0.1) is 0 Å². The molecule has 1 fully saturated rings. The van der Waals surface area contributed by atoms with Gasteiger partial charge in [0.1, 0.15) is 6.33 Å². The van der Waals surface area contributed by atoms with Crippen LogP contribution in [-0.4, -0.2) is 61.5 Å². The summed E-state index contributed by atoms with van der Waals surface area (Å²) in [5.41, 5.74) is 4.05. The predicted molar refractivity (Wildman–Crippen MR) is 102 cm³/mol. The van der Waals surface area contributed by atoms with Gasteiger partial charge in [0.05, 0.1) is 6.42 Å². The number of carbonyl (C=O) groups is 1. The van der Waals surface area contributed by atoms with E-state index in [1.165, 1.54) is 11.9 Å². The lowest BCUT2D eigenvalue weighted by atomic mass is 10.1. The number of benzene rings is 1. The number of hydrogen-bond acceptors (Lipinski definition) is 5. The molecular weight excluding hydrogens is 340 g/mol. The van der Waals surface area contributed by atoms with E-state index >= 15 is 0 Å². The molecule has 1 aliphatic rings. The van der Waals surface area contributed by atoms with Gasteiger partial charge in [0.2, 0.25) is 5.91 Å². The van der Waals surface area contributed by atoms with E-state index in [1.807, 2.05) is 24.8 Å². The number of aromatic nitrogens is 4. The minimum atomic E-state index is 0.154. The van der Waals surface area contributed by atoms with Gasteiger partial charge in [-0.2, -0.15) is 10.1 Å². The van der Waals surface area contributed by atoms with Gasteiger partial charge < -0.3 is 4.90 Å². The first kappa shape index (κ1) is 17.6. The smallest absolute Gasteiger partial charge is 0.252 e. The van der Waals surface area contributed by atoms with E-state index in [0.29, 0.717) is 12.2 Å². The SMILES string of the molecule is Cc1nc2ncnn2c(C)c1CC(=O)N1CCN(Cc2ccccc2)CC1. The van der Waals surface area contributed by atoms with Gasteiger partial charge in [-0.05, 0) is 19.4 Å². The highest BCUT2D eigenvalue weighted by molar-refractivity contribution is 5.79. The second-order valence-corrected chi connectivity index (χ2v) is 7.05. The van der Waals surface area contributed by atoms with Crippen molar-refractivity contribution in [3.05, 3.63) is 59.2 Å². The molecule has 0 bridgehead atoms. The Kier molecular flexibility index (Phi) is 4.85. The van der Waals surface area contributed by atoms with Crippen molar-refractivity contribution in [2.75, 3.05) is 26.2 Å². The number of rotatable bonds is 4. The molecular formula is C20H24N6O. The number of nitrogens with zero attached hydrogens (tertiary/aromatic N) is 6. The molecule has 0 saturated carbocycles. The summed E-state index contributed by atoms with van der Waals surface area (Å²) in [6.07, 6.45) is 1.85. The van der Waals surface area contributed by atoms with Crippen LogP contribution in [-0.2, 0) is 17.8 Å². The van der Waals surface area contributed by atoms with Crippen LogP contribution in [0, 0.1) is 13.8 Å². The van der Waals surface area contributed by atoms with Crippen LogP contribution in [0.4, 0.5) is 0 Å². The second kappa shape index (κ2) is 7.44. The van der Waals surface area contributed by atoms with Crippen molar-refractivity contribution in [1.29, 1.82) is 0 Å². The molecule has 3 aromatic rings. The molecule has 0 atom stereocenters. The zero-order valence-corrected chi connectivity index (χ0v) is 15.8. The number of carbonyl (C=O) groups excluding carboxylic acids is 1. The van der Waals surface area contributed by atoms with Gasteiger partial charge >= 0.3 is 0 Å². The molecule has 1 aromatic carbocycles. The molecule has 1 amide bonds. The molecule has 0 aliphatic carbocycles. The third-order valence-electron chi connectivity index (χ3n) is 5.29. The number of aryl methyl sites for hydroxylation is 2. The Balaban J connectivity index is 1.39. The van der Waals surface area contributed by atoms with E-state index in [0.717, 1.165) is 49.7 Å².